The molecule has 0 atom stereocenters. The largest absolute Gasteiger partial charge is 0.378 e. The van der Waals surface area contributed by atoms with Gasteiger partial charge in [0.05, 0.1) is 13.2 Å². The number of rotatable bonds is 1. The van der Waals surface area contributed by atoms with Crippen molar-refractivity contribution in [1.82, 2.24) is 4.90 Å². The topological polar surface area (TPSA) is 12.5 Å². The number of halogens is 2. The van der Waals surface area contributed by atoms with Crippen LogP contribution in [0.4, 0.5) is 0 Å². The summed E-state index contributed by atoms with van der Waals surface area (Å²) in [5.74, 6) is 0. The summed E-state index contributed by atoms with van der Waals surface area (Å²) in [7, 11) is 0. The molecule has 4 heteroatoms. The second kappa shape index (κ2) is 7.19. The first-order valence-electron chi connectivity index (χ1n) is 2.88. The number of morpholine rings is 1. The van der Waals surface area contributed by atoms with E-state index in [9.17, 15) is 0 Å². The smallest absolute Gasteiger partial charge is 0.0642 e. The summed E-state index contributed by atoms with van der Waals surface area (Å²) in [6.07, 6.45) is 1.86. The van der Waals surface area contributed by atoms with Crippen LogP contribution >= 0.6 is 24.8 Å². The molecule has 1 saturated heterocycles. The predicted molar refractivity (Wildman–Crippen MR) is 47.1 cm³/mol. The van der Waals surface area contributed by atoms with Crippen LogP contribution in [0.3, 0.4) is 0 Å². The molecule has 0 spiro atoms. The van der Waals surface area contributed by atoms with Crippen molar-refractivity contribution in [1.29, 1.82) is 0 Å². The minimum Gasteiger partial charge on any atom is -0.378 e. The van der Waals surface area contributed by atoms with Gasteiger partial charge in [0.2, 0.25) is 0 Å². The zero-order chi connectivity index (χ0) is 5.82. The second-order valence-electron chi connectivity index (χ2n) is 1.83. The van der Waals surface area contributed by atoms with Gasteiger partial charge in [-0.3, -0.25) is 0 Å². The standard InChI is InChI=1S/C6H11NO.2ClH/c1-2-7-3-5-8-6-4-7;;/h2H,1,3-6H2;2*1H. The van der Waals surface area contributed by atoms with E-state index in [2.05, 4.69) is 11.5 Å². The lowest BCUT2D eigenvalue weighted by atomic mass is 10.5. The van der Waals surface area contributed by atoms with Gasteiger partial charge in [-0.15, -0.1) is 24.8 Å². The summed E-state index contributed by atoms with van der Waals surface area (Å²) >= 11 is 0. The van der Waals surface area contributed by atoms with E-state index in [0.29, 0.717) is 0 Å². The van der Waals surface area contributed by atoms with Gasteiger partial charge < -0.3 is 9.64 Å². The van der Waals surface area contributed by atoms with Crippen molar-refractivity contribution >= 4 is 24.8 Å². The van der Waals surface area contributed by atoms with E-state index in [1.54, 1.807) is 0 Å². The zero-order valence-electron chi connectivity index (χ0n) is 5.78. The number of hydrogen-bond acceptors (Lipinski definition) is 2. The Hall–Kier alpha value is 0.0800. The van der Waals surface area contributed by atoms with Gasteiger partial charge in [0, 0.05) is 13.1 Å². The summed E-state index contributed by atoms with van der Waals surface area (Å²) in [4.78, 5) is 2.16. The van der Waals surface area contributed by atoms with Crippen LogP contribution in [0.1, 0.15) is 0 Å². The molecule has 1 aliphatic heterocycles. The predicted octanol–water partition coefficient (Wildman–Crippen LogP) is 1.31. The van der Waals surface area contributed by atoms with E-state index in [1.807, 2.05) is 6.20 Å². The molecule has 0 bridgehead atoms. The highest BCUT2D eigenvalue weighted by Gasteiger charge is 2.02. The van der Waals surface area contributed by atoms with E-state index in [4.69, 9.17) is 4.74 Å². The lowest BCUT2D eigenvalue weighted by Gasteiger charge is -2.24. The lowest BCUT2D eigenvalue weighted by molar-refractivity contribution is 0.0596. The summed E-state index contributed by atoms with van der Waals surface area (Å²) < 4.78 is 5.11. The van der Waals surface area contributed by atoms with Gasteiger partial charge in [-0.1, -0.05) is 6.58 Å². The van der Waals surface area contributed by atoms with Crippen LogP contribution in [0, 0.1) is 0 Å². The first-order valence-corrected chi connectivity index (χ1v) is 2.88. The Balaban J connectivity index is 0. The van der Waals surface area contributed by atoms with Crippen LogP contribution in [0.25, 0.3) is 0 Å². The fourth-order valence-electron chi connectivity index (χ4n) is 0.760. The molecule has 10 heavy (non-hydrogen) atoms. The van der Waals surface area contributed by atoms with Gasteiger partial charge >= 0.3 is 0 Å². The third-order valence-electron chi connectivity index (χ3n) is 1.30. The maximum Gasteiger partial charge on any atom is 0.0642 e. The van der Waals surface area contributed by atoms with Crippen molar-refractivity contribution in [2.24, 2.45) is 0 Å². The third-order valence-corrected chi connectivity index (χ3v) is 1.30. The number of hydrogen-bond donors (Lipinski definition) is 0. The van der Waals surface area contributed by atoms with Gasteiger partial charge in [0.25, 0.3) is 0 Å². The molecule has 0 unspecified atom stereocenters. The molecular weight excluding hydrogens is 173 g/mol. The Morgan fingerprint density at radius 3 is 2.00 bits per heavy atom. The van der Waals surface area contributed by atoms with Crippen molar-refractivity contribution in [3.05, 3.63) is 12.8 Å². The molecule has 0 aromatic heterocycles. The highest BCUT2D eigenvalue weighted by atomic mass is 35.5. The van der Waals surface area contributed by atoms with E-state index >= 15 is 0 Å². The Morgan fingerprint density at radius 2 is 1.70 bits per heavy atom. The number of ether oxygens (including phenoxy) is 1. The maximum absolute atomic E-state index is 5.11. The first kappa shape index (κ1) is 12.7. The molecule has 1 rings (SSSR count). The van der Waals surface area contributed by atoms with Gasteiger partial charge in [-0.25, -0.2) is 0 Å². The summed E-state index contributed by atoms with van der Waals surface area (Å²) in [6, 6.07) is 0. The third kappa shape index (κ3) is 3.99. The van der Waals surface area contributed by atoms with Crippen LogP contribution in [-0.4, -0.2) is 31.2 Å². The van der Waals surface area contributed by atoms with Crippen LogP contribution in [0.2, 0.25) is 0 Å². The average Bonchev–Trinajstić information content (AvgIpc) is 1.90. The first-order chi connectivity index (χ1) is 3.93. The van der Waals surface area contributed by atoms with Crippen LogP contribution in [0.5, 0.6) is 0 Å². The van der Waals surface area contributed by atoms with Crippen molar-refractivity contribution in [2.75, 3.05) is 26.3 Å². The Labute approximate surface area is 74.0 Å². The molecule has 0 aromatic carbocycles. The van der Waals surface area contributed by atoms with Crippen molar-refractivity contribution < 1.29 is 4.74 Å². The monoisotopic (exact) mass is 185 g/mol. The molecule has 2 nitrogen and oxygen atoms in total. The van der Waals surface area contributed by atoms with Gasteiger partial charge in [-0.05, 0) is 6.20 Å². The fraction of sp³-hybridized carbons (Fsp3) is 0.667. The minimum atomic E-state index is 0. The molecule has 0 aromatic rings. The van der Waals surface area contributed by atoms with E-state index in [-0.39, 0.29) is 24.8 Å². The quantitative estimate of drug-likeness (QED) is 0.612. The summed E-state index contributed by atoms with van der Waals surface area (Å²) in [6.45, 7) is 7.37. The summed E-state index contributed by atoms with van der Waals surface area (Å²) in [5.41, 5.74) is 0. The molecule has 1 heterocycles. The van der Waals surface area contributed by atoms with Crippen LogP contribution < -0.4 is 0 Å². The van der Waals surface area contributed by atoms with Crippen molar-refractivity contribution in [3.8, 4) is 0 Å². The molecule has 0 aliphatic carbocycles. The second-order valence-corrected chi connectivity index (χ2v) is 1.83. The van der Waals surface area contributed by atoms with Gasteiger partial charge in [0.1, 0.15) is 0 Å². The van der Waals surface area contributed by atoms with Crippen LogP contribution in [-0.2, 0) is 4.74 Å². The zero-order valence-corrected chi connectivity index (χ0v) is 7.42. The Morgan fingerprint density at radius 1 is 1.20 bits per heavy atom. The molecule has 0 saturated carbocycles. The lowest BCUT2D eigenvalue weighted by Crippen LogP contribution is -2.31. The molecule has 1 fully saturated rings. The molecule has 0 radical (unpaired) electrons. The van der Waals surface area contributed by atoms with Gasteiger partial charge in [0.15, 0.2) is 0 Å². The average molecular weight is 186 g/mol. The highest BCUT2D eigenvalue weighted by Crippen LogP contribution is 1.94. The molecular formula is C6H13Cl2NO. The Bertz CT molecular complexity index is 83.8. The highest BCUT2D eigenvalue weighted by molar-refractivity contribution is 5.85. The molecule has 1 aliphatic rings. The van der Waals surface area contributed by atoms with E-state index in [0.717, 1.165) is 26.3 Å². The van der Waals surface area contributed by atoms with Crippen LogP contribution in [0.15, 0.2) is 12.8 Å². The van der Waals surface area contributed by atoms with Gasteiger partial charge in [-0.2, -0.15) is 0 Å². The minimum absolute atomic E-state index is 0. The number of nitrogens with zero attached hydrogens (tertiary/aromatic N) is 1. The molecule has 62 valence electrons. The summed E-state index contributed by atoms with van der Waals surface area (Å²) in [5, 5.41) is 0. The maximum atomic E-state index is 5.11. The normalized spacial score (nSPS) is 16.6. The van der Waals surface area contributed by atoms with Crippen molar-refractivity contribution in [3.63, 3.8) is 0 Å². The van der Waals surface area contributed by atoms with E-state index in [1.165, 1.54) is 0 Å². The fourth-order valence-corrected chi connectivity index (χ4v) is 0.760. The molecule has 0 N–H and O–H groups in total. The van der Waals surface area contributed by atoms with Crippen molar-refractivity contribution in [2.45, 2.75) is 0 Å². The SMILES string of the molecule is C=CN1CCOCC1.Cl.Cl. The van der Waals surface area contributed by atoms with E-state index < -0.39 is 0 Å². The Kier molecular flexibility index (Phi) is 9.15. The molecule has 0 amide bonds.